The highest BCUT2D eigenvalue weighted by atomic mass is 16.5. The smallest absolute Gasteiger partial charge is 0.236 e. The van der Waals surface area contributed by atoms with Gasteiger partial charge in [0.05, 0.1) is 0 Å². The molecule has 0 atom stereocenters. The molecule has 1 aliphatic rings. The summed E-state index contributed by atoms with van der Waals surface area (Å²) in [7, 11) is 0. The van der Waals surface area contributed by atoms with E-state index in [2.05, 4.69) is 10.5 Å². The third-order valence-corrected chi connectivity index (χ3v) is 2.09. The van der Waals surface area contributed by atoms with E-state index in [0.717, 1.165) is 32.5 Å². The summed E-state index contributed by atoms with van der Waals surface area (Å²) in [5, 5.41) is 3.80. The molecule has 0 radical (unpaired) electrons. The van der Waals surface area contributed by atoms with Gasteiger partial charge in [0.2, 0.25) is 5.91 Å². The predicted octanol–water partition coefficient (Wildman–Crippen LogP) is 0.925. The van der Waals surface area contributed by atoms with Gasteiger partial charge in [-0.05, 0) is 25.2 Å². The lowest BCUT2D eigenvalue weighted by Gasteiger charge is -2.19. The Morgan fingerprint density at radius 3 is 2.92 bits per heavy atom. The van der Waals surface area contributed by atoms with Gasteiger partial charge in [0.25, 0.3) is 0 Å². The Bertz CT molecular complexity index is 186. The molecule has 1 aliphatic heterocycles. The molecular weight excluding hydrogens is 168 g/mol. The second kappa shape index (κ2) is 5.70. The lowest BCUT2D eigenvalue weighted by molar-refractivity contribution is -0.118. The van der Waals surface area contributed by atoms with Crippen LogP contribution in [0.4, 0.5) is 0 Å². The van der Waals surface area contributed by atoms with Gasteiger partial charge in [0, 0.05) is 26.4 Å². The van der Waals surface area contributed by atoms with E-state index in [1.165, 1.54) is 6.92 Å². The molecule has 0 aromatic heterocycles. The molecule has 4 heteroatoms. The molecule has 0 aliphatic carbocycles. The van der Waals surface area contributed by atoms with Crippen LogP contribution in [0.15, 0.2) is 5.10 Å². The monoisotopic (exact) mass is 184 g/mol. The number of amides is 1. The van der Waals surface area contributed by atoms with Crippen LogP contribution in [-0.4, -0.2) is 25.3 Å². The Balaban J connectivity index is 2.09. The molecule has 1 N–H and O–H groups in total. The zero-order chi connectivity index (χ0) is 9.52. The Morgan fingerprint density at radius 1 is 1.62 bits per heavy atom. The maximum atomic E-state index is 10.4. The molecule has 1 saturated heterocycles. The second-order valence-electron chi connectivity index (χ2n) is 3.27. The van der Waals surface area contributed by atoms with Gasteiger partial charge in [0.1, 0.15) is 0 Å². The molecule has 0 saturated carbocycles. The number of carbonyl (C=O) groups excluding carboxylic acids is 1. The van der Waals surface area contributed by atoms with Crippen LogP contribution >= 0.6 is 0 Å². The highest BCUT2D eigenvalue weighted by Gasteiger charge is 2.11. The average molecular weight is 184 g/mol. The summed E-state index contributed by atoms with van der Waals surface area (Å²) in [6.45, 7) is 3.17. The number of carbonyl (C=O) groups is 1. The van der Waals surface area contributed by atoms with Gasteiger partial charge < -0.3 is 4.74 Å². The standard InChI is InChI=1S/C9H16N2O2/c1-8(12)11-10-5-2-9-3-6-13-7-4-9/h5,9H,2-4,6-7H2,1H3,(H,11,12)/b10-5+. The SMILES string of the molecule is CC(=O)N/N=C/CC1CCOCC1. The Morgan fingerprint density at radius 2 is 2.31 bits per heavy atom. The fourth-order valence-electron chi connectivity index (χ4n) is 1.32. The van der Waals surface area contributed by atoms with Gasteiger partial charge in [-0.3, -0.25) is 4.79 Å². The van der Waals surface area contributed by atoms with Crippen LogP contribution < -0.4 is 5.43 Å². The molecule has 4 nitrogen and oxygen atoms in total. The number of hydrogen-bond donors (Lipinski definition) is 1. The maximum absolute atomic E-state index is 10.4. The molecule has 0 bridgehead atoms. The van der Waals surface area contributed by atoms with Crippen molar-refractivity contribution in [1.82, 2.24) is 5.43 Å². The van der Waals surface area contributed by atoms with E-state index in [0.29, 0.717) is 5.92 Å². The Hall–Kier alpha value is -0.900. The quantitative estimate of drug-likeness (QED) is 0.524. The molecule has 0 spiro atoms. The highest BCUT2D eigenvalue weighted by Crippen LogP contribution is 2.16. The van der Waals surface area contributed by atoms with Crippen LogP contribution in [0.5, 0.6) is 0 Å². The molecule has 1 heterocycles. The largest absolute Gasteiger partial charge is 0.381 e. The van der Waals surface area contributed by atoms with Crippen molar-refractivity contribution >= 4 is 12.1 Å². The molecule has 74 valence electrons. The van der Waals surface area contributed by atoms with Crippen LogP contribution in [0.3, 0.4) is 0 Å². The first-order chi connectivity index (χ1) is 6.29. The lowest BCUT2D eigenvalue weighted by atomic mass is 9.97. The Labute approximate surface area is 78.3 Å². The molecule has 0 aromatic carbocycles. The number of hydrazone groups is 1. The van der Waals surface area contributed by atoms with E-state index >= 15 is 0 Å². The summed E-state index contributed by atoms with van der Waals surface area (Å²) >= 11 is 0. The topological polar surface area (TPSA) is 50.7 Å². The fourth-order valence-corrected chi connectivity index (χ4v) is 1.32. The van der Waals surface area contributed by atoms with E-state index in [-0.39, 0.29) is 5.91 Å². The summed E-state index contributed by atoms with van der Waals surface area (Å²) < 4.78 is 5.23. The van der Waals surface area contributed by atoms with Gasteiger partial charge >= 0.3 is 0 Å². The maximum Gasteiger partial charge on any atom is 0.236 e. The number of ether oxygens (including phenoxy) is 1. The second-order valence-corrected chi connectivity index (χ2v) is 3.27. The molecule has 0 aromatic rings. The van der Waals surface area contributed by atoms with Gasteiger partial charge in [-0.25, -0.2) is 5.43 Å². The molecule has 1 fully saturated rings. The Kier molecular flexibility index (Phi) is 4.46. The van der Waals surface area contributed by atoms with Crippen LogP contribution in [0, 0.1) is 5.92 Å². The number of hydrogen-bond acceptors (Lipinski definition) is 3. The first-order valence-corrected chi connectivity index (χ1v) is 4.65. The number of nitrogens with one attached hydrogen (secondary N) is 1. The van der Waals surface area contributed by atoms with Crippen molar-refractivity contribution in [3.8, 4) is 0 Å². The van der Waals surface area contributed by atoms with Crippen molar-refractivity contribution in [2.45, 2.75) is 26.2 Å². The van der Waals surface area contributed by atoms with Crippen molar-refractivity contribution in [1.29, 1.82) is 0 Å². The highest BCUT2D eigenvalue weighted by molar-refractivity contribution is 5.73. The van der Waals surface area contributed by atoms with Gasteiger partial charge in [-0.1, -0.05) is 0 Å². The molecule has 13 heavy (non-hydrogen) atoms. The minimum Gasteiger partial charge on any atom is -0.381 e. The molecular formula is C9H16N2O2. The first-order valence-electron chi connectivity index (χ1n) is 4.65. The zero-order valence-corrected chi connectivity index (χ0v) is 7.95. The van der Waals surface area contributed by atoms with Crippen LogP contribution in [0.25, 0.3) is 0 Å². The zero-order valence-electron chi connectivity index (χ0n) is 7.95. The normalized spacial score (nSPS) is 19.2. The van der Waals surface area contributed by atoms with E-state index in [1.807, 2.05) is 0 Å². The minimum absolute atomic E-state index is 0.122. The van der Waals surface area contributed by atoms with Crippen molar-refractivity contribution in [2.24, 2.45) is 11.0 Å². The van der Waals surface area contributed by atoms with Crippen LogP contribution in [0.1, 0.15) is 26.2 Å². The van der Waals surface area contributed by atoms with Crippen LogP contribution in [0.2, 0.25) is 0 Å². The van der Waals surface area contributed by atoms with Crippen molar-refractivity contribution < 1.29 is 9.53 Å². The third-order valence-electron chi connectivity index (χ3n) is 2.09. The van der Waals surface area contributed by atoms with Crippen molar-refractivity contribution in [2.75, 3.05) is 13.2 Å². The van der Waals surface area contributed by atoms with E-state index in [1.54, 1.807) is 6.21 Å². The summed E-state index contributed by atoms with van der Waals surface area (Å²) in [5.74, 6) is 0.550. The summed E-state index contributed by atoms with van der Waals surface area (Å²) in [5.41, 5.74) is 2.38. The van der Waals surface area contributed by atoms with E-state index in [4.69, 9.17) is 4.74 Å². The lowest BCUT2D eigenvalue weighted by Crippen LogP contribution is -2.17. The van der Waals surface area contributed by atoms with Crippen molar-refractivity contribution in [3.05, 3.63) is 0 Å². The molecule has 0 unspecified atom stereocenters. The summed E-state index contributed by atoms with van der Waals surface area (Å²) in [6, 6.07) is 0. The summed E-state index contributed by atoms with van der Waals surface area (Å²) in [6.07, 6.45) is 4.92. The molecule has 1 amide bonds. The average Bonchev–Trinajstić information content (AvgIpc) is 2.14. The summed E-state index contributed by atoms with van der Waals surface area (Å²) in [4.78, 5) is 10.4. The fraction of sp³-hybridized carbons (Fsp3) is 0.778. The van der Waals surface area contributed by atoms with Crippen molar-refractivity contribution in [3.63, 3.8) is 0 Å². The first kappa shape index (κ1) is 10.2. The van der Waals surface area contributed by atoms with Gasteiger partial charge in [-0.15, -0.1) is 0 Å². The third kappa shape index (κ3) is 4.62. The van der Waals surface area contributed by atoms with E-state index < -0.39 is 0 Å². The van der Waals surface area contributed by atoms with Crippen LogP contribution in [-0.2, 0) is 9.53 Å². The van der Waals surface area contributed by atoms with Gasteiger partial charge in [-0.2, -0.15) is 5.10 Å². The van der Waals surface area contributed by atoms with Gasteiger partial charge in [0.15, 0.2) is 0 Å². The predicted molar refractivity (Wildman–Crippen MR) is 50.5 cm³/mol. The number of nitrogens with zero attached hydrogens (tertiary/aromatic N) is 1. The van der Waals surface area contributed by atoms with E-state index in [9.17, 15) is 4.79 Å². The molecule has 1 rings (SSSR count). The number of rotatable bonds is 3. The minimum atomic E-state index is -0.122.